The molecule has 2 nitrogen and oxygen atoms in total. The molecule has 0 amide bonds. The van der Waals surface area contributed by atoms with E-state index >= 15 is 0 Å². The molecule has 0 aromatic carbocycles. The van der Waals surface area contributed by atoms with Crippen molar-refractivity contribution < 1.29 is 0 Å². The first-order valence-corrected chi connectivity index (χ1v) is 7.44. The van der Waals surface area contributed by atoms with E-state index in [1.54, 1.807) is 6.20 Å². The largest absolute Gasteiger partial charge is 0.372 e. The van der Waals surface area contributed by atoms with Crippen LogP contribution in [0, 0.1) is 0 Å². The summed E-state index contributed by atoms with van der Waals surface area (Å²) in [6.07, 6.45) is 14.0. The monoisotopic (exact) mass is 282 g/mol. The number of thiocarbonyl (C=S) groups is 1. The van der Waals surface area contributed by atoms with Gasteiger partial charge in [-0.2, -0.15) is 0 Å². The number of hydrogen-bond acceptors (Lipinski definition) is 2. The van der Waals surface area contributed by atoms with E-state index in [1.165, 1.54) is 32.1 Å². The van der Waals surface area contributed by atoms with E-state index in [2.05, 4.69) is 16.4 Å². The Morgan fingerprint density at radius 3 is 2.89 bits per heavy atom. The van der Waals surface area contributed by atoms with Crippen molar-refractivity contribution in [3.05, 3.63) is 23.4 Å². The van der Waals surface area contributed by atoms with Gasteiger partial charge in [0.15, 0.2) is 0 Å². The number of hydrogen-bond donors (Lipinski definition) is 1. The Morgan fingerprint density at radius 2 is 2.11 bits per heavy atom. The van der Waals surface area contributed by atoms with E-state index in [0.29, 0.717) is 6.04 Å². The lowest BCUT2D eigenvalue weighted by Gasteiger charge is -2.24. The van der Waals surface area contributed by atoms with Gasteiger partial charge < -0.3 is 5.32 Å². The quantitative estimate of drug-likeness (QED) is 0.771. The summed E-state index contributed by atoms with van der Waals surface area (Å²) in [7, 11) is 0. The van der Waals surface area contributed by atoms with Gasteiger partial charge in [-0.3, -0.25) is 4.99 Å². The molecule has 0 radical (unpaired) electrons. The molecule has 0 spiro atoms. The van der Waals surface area contributed by atoms with E-state index in [0.717, 1.165) is 28.6 Å². The van der Waals surface area contributed by atoms with Crippen LogP contribution in [0.1, 0.15) is 44.9 Å². The van der Waals surface area contributed by atoms with Crippen molar-refractivity contribution in [2.24, 2.45) is 4.99 Å². The molecular formula is C14H19ClN2S. The van der Waals surface area contributed by atoms with Crippen LogP contribution in [-0.2, 0) is 0 Å². The number of rotatable bonds is 2. The number of halogens is 1. The maximum absolute atomic E-state index is 6.01. The fraction of sp³-hybridized carbons (Fsp3) is 0.571. The summed E-state index contributed by atoms with van der Waals surface area (Å²) in [6.45, 7) is 0. The smallest absolute Gasteiger partial charge is 0.125 e. The maximum Gasteiger partial charge on any atom is 0.125 e. The Balaban J connectivity index is 1.98. The number of nitrogens with one attached hydrogen (secondary N) is 1. The average Bonchev–Trinajstić information content (AvgIpc) is 2.35. The zero-order chi connectivity index (χ0) is 12.8. The molecule has 0 saturated heterocycles. The van der Waals surface area contributed by atoms with E-state index in [1.807, 2.05) is 6.08 Å². The molecule has 0 bridgehead atoms. The van der Waals surface area contributed by atoms with Crippen molar-refractivity contribution in [2.45, 2.75) is 51.0 Å². The topological polar surface area (TPSA) is 24.4 Å². The molecule has 98 valence electrons. The average molecular weight is 283 g/mol. The molecule has 0 aromatic rings. The van der Waals surface area contributed by atoms with E-state index < -0.39 is 0 Å². The predicted octanol–water partition coefficient (Wildman–Crippen LogP) is 4.11. The summed E-state index contributed by atoms with van der Waals surface area (Å²) >= 11 is 11.4. The molecule has 0 aromatic heterocycles. The van der Waals surface area contributed by atoms with Gasteiger partial charge in [0.1, 0.15) is 4.99 Å². The molecule has 1 saturated carbocycles. The predicted molar refractivity (Wildman–Crippen MR) is 82.4 cm³/mol. The fourth-order valence-electron chi connectivity index (χ4n) is 2.30. The number of allylic oxidation sites excluding steroid dienone is 2. The highest BCUT2D eigenvalue weighted by Crippen LogP contribution is 2.18. The highest BCUT2D eigenvalue weighted by Gasteiger charge is 2.15. The third-order valence-corrected chi connectivity index (χ3v) is 3.96. The third-order valence-electron chi connectivity index (χ3n) is 3.34. The first kappa shape index (κ1) is 13.8. The van der Waals surface area contributed by atoms with E-state index in [4.69, 9.17) is 23.8 Å². The molecule has 2 rings (SSSR count). The lowest BCUT2D eigenvalue weighted by molar-refractivity contribution is 0.416. The Hall–Kier alpha value is -0.670. The number of nitrogens with zero attached hydrogens (tertiary/aromatic N) is 1. The van der Waals surface area contributed by atoms with Gasteiger partial charge >= 0.3 is 0 Å². The van der Waals surface area contributed by atoms with Crippen LogP contribution in [0.15, 0.2) is 28.4 Å². The molecule has 1 fully saturated rings. The second-order valence-corrected chi connectivity index (χ2v) is 5.73. The van der Waals surface area contributed by atoms with Gasteiger partial charge in [0.05, 0.1) is 5.71 Å². The Bertz CT molecular complexity index is 393. The van der Waals surface area contributed by atoms with Crippen LogP contribution < -0.4 is 5.32 Å². The molecule has 18 heavy (non-hydrogen) atoms. The molecular weight excluding hydrogens is 264 g/mol. The van der Waals surface area contributed by atoms with Crippen LogP contribution in [0.5, 0.6) is 0 Å². The van der Waals surface area contributed by atoms with Crippen LogP contribution in [-0.4, -0.2) is 16.7 Å². The van der Waals surface area contributed by atoms with Gasteiger partial charge in [0.25, 0.3) is 0 Å². The van der Waals surface area contributed by atoms with Crippen molar-refractivity contribution in [1.82, 2.24) is 5.32 Å². The minimum absolute atomic E-state index is 0.521. The third kappa shape index (κ3) is 4.21. The Labute approximate surface area is 119 Å². The summed E-state index contributed by atoms with van der Waals surface area (Å²) in [4.78, 5) is 5.11. The lowest BCUT2D eigenvalue weighted by atomic mass is 9.95. The normalized spacial score (nSPS) is 21.6. The van der Waals surface area contributed by atoms with Crippen LogP contribution in [0.2, 0.25) is 0 Å². The SMILES string of the molecule is S=C(NC1CCCCC1)C1=NC=C(Cl)CCC=C1. The zero-order valence-electron chi connectivity index (χ0n) is 10.5. The Morgan fingerprint density at radius 1 is 1.33 bits per heavy atom. The van der Waals surface area contributed by atoms with Gasteiger partial charge in [-0.05, 0) is 31.8 Å². The summed E-state index contributed by atoms with van der Waals surface area (Å²) in [5.41, 5.74) is 0.827. The van der Waals surface area contributed by atoms with Gasteiger partial charge in [-0.25, -0.2) is 0 Å². The lowest BCUT2D eigenvalue weighted by Crippen LogP contribution is -2.38. The second kappa shape index (κ2) is 7.05. The molecule has 0 atom stereocenters. The molecule has 1 aliphatic heterocycles. The summed E-state index contributed by atoms with van der Waals surface area (Å²) in [5, 5.41) is 4.22. The maximum atomic E-state index is 6.01. The van der Waals surface area contributed by atoms with Crippen LogP contribution in [0.25, 0.3) is 0 Å². The van der Waals surface area contributed by atoms with Crippen molar-refractivity contribution in [2.75, 3.05) is 0 Å². The van der Waals surface area contributed by atoms with Crippen molar-refractivity contribution >= 4 is 34.5 Å². The first-order chi connectivity index (χ1) is 8.75. The number of aliphatic imine (C=N–C) groups is 1. The van der Waals surface area contributed by atoms with Crippen molar-refractivity contribution in [3.63, 3.8) is 0 Å². The molecule has 2 aliphatic rings. The summed E-state index contributed by atoms with van der Waals surface area (Å²) < 4.78 is 0. The minimum atomic E-state index is 0.521. The minimum Gasteiger partial charge on any atom is -0.372 e. The fourth-order valence-corrected chi connectivity index (χ4v) is 2.75. The van der Waals surface area contributed by atoms with Crippen LogP contribution in [0.4, 0.5) is 0 Å². The van der Waals surface area contributed by atoms with Gasteiger partial charge in [-0.1, -0.05) is 49.2 Å². The van der Waals surface area contributed by atoms with Crippen LogP contribution >= 0.6 is 23.8 Å². The van der Waals surface area contributed by atoms with Gasteiger partial charge in [0, 0.05) is 17.3 Å². The standard InChI is InChI=1S/C14H19ClN2S/c15-11-6-4-5-9-13(16-10-11)14(18)17-12-7-2-1-3-8-12/h5,9-10,12H,1-4,6-8H2,(H,17,18). The molecule has 0 unspecified atom stereocenters. The zero-order valence-corrected chi connectivity index (χ0v) is 12.1. The van der Waals surface area contributed by atoms with Gasteiger partial charge in [-0.15, -0.1) is 0 Å². The first-order valence-electron chi connectivity index (χ1n) is 6.65. The molecule has 1 N–H and O–H groups in total. The second-order valence-electron chi connectivity index (χ2n) is 4.84. The summed E-state index contributed by atoms with van der Waals surface area (Å²) in [6, 6.07) is 0.521. The highest BCUT2D eigenvalue weighted by molar-refractivity contribution is 7.82. The van der Waals surface area contributed by atoms with Crippen molar-refractivity contribution in [1.29, 1.82) is 0 Å². The molecule has 1 heterocycles. The van der Waals surface area contributed by atoms with E-state index in [9.17, 15) is 0 Å². The Kier molecular flexibility index (Phi) is 5.39. The van der Waals surface area contributed by atoms with Crippen LogP contribution in [0.3, 0.4) is 0 Å². The van der Waals surface area contributed by atoms with E-state index in [-0.39, 0.29) is 0 Å². The summed E-state index contributed by atoms with van der Waals surface area (Å²) in [5.74, 6) is 0. The highest BCUT2D eigenvalue weighted by atomic mass is 35.5. The van der Waals surface area contributed by atoms with Gasteiger partial charge in [0.2, 0.25) is 0 Å². The molecule has 1 aliphatic carbocycles. The van der Waals surface area contributed by atoms with Crippen molar-refractivity contribution in [3.8, 4) is 0 Å². The molecule has 4 heteroatoms.